The number of nitrogens with zero attached hydrogens (tertiary/aromatic N) is 4. The predicted octanol–water partition coefficient (Wildman–Crippen LogP) is 4.34. The van der Waals surface area contributed by atoms with Crippen molar-refractivity contribution in [3.8, 4) is 26.9 Å². The van der Waals surface area contributed by atoms with Crippen LogP contribution in [-0.4, -0.2) is 70.1 Å². The number of carbonyl (C=O) groups is 2. The monoisotopic (exact) mass is 549 g/mol. The minimum Gasteiger partial charge on any atom is -0.492 e. The Morgan fingerprint density at radius 2 is 1.89 bits per heavy atom. The van der Waals surface area contributed by atoms with Gasteiger partial charge >= 0.3 is 0 Å². The second-order valence-electron chi connectivity index (χ2n) is 8.93. The van der Waals surface area contributed by atoms with Crippen LogP contribution in [0.2, 0.25) is 0 Å². The summed E-state index contributed by atoms with van der Waals surface area (Å²) in [5.74, 6) is 0.881. The lowest BCUT2D eigenvalue weighted by atomic mass is 10.1. The molecule has 2 N–H and O–H groups in total. The molecule has 196 valence electrons. The number of ether oxygens (including phenoxy) is 1. The SMILES string of the molecule is CC1=CC(=O)N(Nc2nc(-c3cccs3)nc3sc(-c4ccc(OCCN(C)CCO)cc4)c(C)c23)C1=O. The molecular formula is C27H27N5O4S2. The van der Waals surface area contributed by atoms with Gasteiger partial charge in [0.05, 0.1) is 16.9 Å². The van der Waals surface area contributed by atoms with E-state index in [1.54, 1.807) is 6.92 Å². The number of aromatic nitrogens is 2. The van der Waals surface area contributed by atoms with Crippen LogP contribution in [0.5, 0.6) is 5.75 Å². The summed E-state index contributed by atoms with van der Waals surface area (Å²) in [5.41, 5.74) is 5.30. The number of nitrogens with one attached hydrogen (secondary N) is 1. The number of thiophene rings is 2. The van der Waals surface area contributed by atoms with E-state index in [1.165, 1.54) is 28.7 Å². The number of anilines is 1. The van der Waals surface area contributed by atoms with E-state index in [0.29, 0.717) is 30.4 Å². The summed E-state index contributed by atoms with van der Waals surface area (Å²) in [5, 5.41) is 12.7. The molecule has 0 saturated heterocycles. The van der Waals surface area contributed by atoms with Crippen molar-refractivity contribution in [2.45, 2.75) is 13.8 Å². The Hall–Kier alpha value is -3.64. The van der Waals surface area contributed by atoms with Gasteiger partial charge in [-0.3, -0.25) is 15.0 Å². The molecule has 2 amide bonds. The number of hydrogen-bond donors (Lipinski definition) is 2. The van der Waals surface area contributed by atoms with Crippen LogP contribution in [0.1, 0.15) is 12.5 Å². The minimum absolute atomic E-state index is 0.122. The summed E-state index contributed by atoms with van der Waals surface area (Å²) in [6.07, 6.45) is 1.31. The molecule has 1 aliphatic rings. The number of likely N-dealkylation sites (N-methyl/N-ethyl adjacent to an activating group) is 1. The van der Waals surface area contributed by atoms with E-state index < -0.39 is 11.8 Å². The zero-order chi connectivity index (χ0) is 26.8. The van der Waals surface area contributed by atoms with Crippen molar-refractivity contribution in [1.29, 1.82) is 0 Å². The van der Waals surface area contributed by atoms with E-state index in [-0.39, 0.29) is 6.61 Å². The number of aryl methyl sites for hydroxylation is 1. The Morgan fingerprint density at radius 1 is 1.11 bits per heavy atom. The minimum atomic E-state index is -0.428. The van der Waals surface area contributed by atoms with Gasteiger partial charge in [-0.05, 0) is 67.7 Å². The molecule has 0 radical (unpaired) electrons. The summed E-state index contributed by atoms with van der Waals surface area (Å²) in [7, 11) is 1.94. The first-order chi connectivity index (χ1) is 18.4. The molecule has 0 saturated carbocycles. The lowest BCUT2D eigenvalue weighted by molar-refractivity contribution is -0.135. The molecule has 0 bridgehead atoms. The third kappa shape index (κ3) is 5.18. The van der Waals surface area contributed by atoms with Gasteiger partial charge in [0.1, 0.15) is 17.2 Å². The van der Waals surface area contributed by atoms with Crippen molar-refractivity contribution < 1.29 is 19.4 Å². The van der Waals surface area contributed by atoms with E-state index >= 15 is 0 Å². The molecule has 5 rings (SSSR count). The van der Waals surface area contributed by atoms with Crippen molar-refractivity contribution in [2.24, 2.45) is 0 Å². The Morgan fingerprint density at radius 3 is 2.55 bits per heavy atom. The summed E-state index contributed by atoms with van der Waals surface area (Å²) < 4.78 is 5.86. The molecule has 38 heavy (non-hydrogen) atoms. The van der Waals surface area contributed by atoms with Crippen LogP contribution in [0.25, 0.3) is 31.4 Å². The maximum atomic E-state index is 12.6. The van der Waals surface area contributed by atoms with Gasteiger partial charge < -0.3 is 14.7 Å². The van der Waals surface area contributed by atoms with Gasteiger partial charge in [-0.2, -0.15) is 5.01 Å². The lowest BCUT2D eigenvalue weighted by Crippen LogP contribution is -2.36. The van der Waals surface area contributed by atoms with Crippen molar-refractivity contribution in [1.82, 2.24) is 19.9 Å². The number of aliphatic hydroxyl groups is 1. The fourth-order valence-electron chi connectivity index (χ4n) is 4.12. The Labute approximate surface area is 228 Å². The van der Waals surface area contributed by atoms with E-state index in [2.05, 4.69) is 5.43 Å². The third-order valence-corrected chi connectivity index (χ3v) is 8.29. The van der Waals surface area contributed by atoms with Crippen molar-refractivity contribution >= 4 is 50.5 Å². The zero-order valence-electron chi connectivity index (χ0n) is 21.2. The first-order valence-corrected chi connectivity index (χ1v) is 13.8. The summed E-state index contributed by atoms with van der Waals surface area (Å²) in [6, 6.07) is 11.8. The van der Waals surface area contributed by atoms with Gasteiger partial charge in [0, 0.05) is 29.6 Å². The third-order valence-electron chi connectivity index (χ3n) is 6.19. The molecule has 1 aliphatic heterocycles. The molecule has 3 aromatic heterocycles. The smallest absolute Gasteiger partial charge is 0.275 e. The highest BCUT2D eigenvalue weighted by Gasteiger charge is 2.30. The van der Waals surface area contributed by atoms with Crippen LogP contribution < -0.4 is 10.2 Å². The predicted molar refractivity (Wildman–Crippen MR) is 150 cm³/mol. The van der Waals surface area contributed by atoms with E-state index in [9.17, 15) is 9.59 Å². The molecule has 0 spiro atoms. The molecule has 0 unspecified atom stereocenters. The topological polar surface area (TPSA) is 108 Å². The largest absolute Gasteiger partial charge is 0.492 e. The Bertz CT molecular complexity index is 1510. The number of hydrogen-bond acceptors (Lipinski definition) is 10. The Kier molecular flexibility index (Phi) is 7.52. The maximum absolute atomic E-state index is 12.6. The molecule has 0 fully saturated rings. The van der Waals surface area contributed by atoms with Crippen LogP contribution in [-0.2, 0) is 9.59 Å². The van der Waals surface area contributed by atoms with E-state index in [0.717, 1.165) is 48.4 Å². The first kappa shape index (κ1) is 26.0. The molecule has 4 heterocycles. The molecule has 11 heteroatoms. The van der Waals surface area contributed by atoms with Gasteiger partial charge in [0.2, 0.25) is 0 Å². The highest BCUT2D eigenvalue weighted by Crippen LogP contribution is 2.42. The number of benzene rings is 1. The normalized spacial score (nSPS) is 13.6. The van der Waals surface area contributed by atoms with Crippen LogP contribution in [0.15, 0.2) is 53.4 Å². The van der Waals surface area contributed by atoms with Gasteiger partial charge in [0.15, 0.2) is 11.6 Å². The molecular weight excluding hydrogens is 522 g/mol. The highest BCUT2D eigenvalue weighted by atomic mass is 32.1. The summed E-state index contributed by atoms with van der Waals surface area (Å²) >= 11 is 3.06. The van der Waals surface area contributed by atoms with Crippen molar-refractivity contribution in [3.63, 3.8) is 0 Å². The van der Waals surface area contributed by atoms with Crippen LogP contribution >= 0.6 is 22.7 Å². The van der Waals surface area contributed by atoms with E-state index in [1.807, 2.05) is 60.6 Å². The first-order valence-electron chi connectivity index (χ1n) is 12.1. The molecule has 0 aliphatic carbocycles. The Balaban J connectivity index is 1.47. The maximum Gasteiger partial charge on any atom is 0.275 e. The fraction of sp³-hybridized carbons (Fsp3) is 0.259. The number of amides is 2. The van der Waals surface area contributed by atoms with Crippen LogP contribution in [0.3, 0.4) is 0 Å². The summed E-state index contributed by atoms with van der Waals surface area (Å²) in [6.45, 7) is 5.58. The van der Waals surface area contributed by atoms with Crippen LogP contribution in [0, 0.1) is 6.92 Å². The number of aliphatic hydroxyl groups excluding tert-OH is 1. The standard InChI is InChI=1S/C27H27N5O4S2/c1-16-15-21(34)32(27(16)35)30-25-22-17(2)23(38-26(22)29-24(28-25)20-5-4-14-37-20)18-6-8-19(9-7-18)36-13-11-31(3)10-12-33/h4-9,14-15,33H,10-13H2,1-3H3,(H,28,29,30). The molecule has 4 aromatic rings. The fourth-order valence-corrected chi connectivity index (χ4v) is 5.96. The summed E-state index contributed by atoms with van der Waals surface area (Å²) in [4.78, 5) is 39.2. The lowest BCUT2D eigenvalue weighted by Gasteiger charge is -2.17. The van der Waals surface area contributed by atoms with Gasteiger partial charge in [-0.15, -0.1) is 22.7 Å². The van der Waals surface area contributed by atoms with Gasteiger partial charge in [-0.1, -0.05) is 6.07 Å². The second-order valence-corrected chi connectivity index (χ2v) is 10.9. The highest BCUT2D eigenvalue weighted by molar-refractivity contribution is 7.22. The average Bonchev–Trinajstić information content (AvgIpc) is 3.61. The van der Waals surface area contributed by atoms with Gasteiger partial charge in [-0.25, -0.2) is 9.97 Å². The van der Waals surface area contributed by atoms with Crippen LogP contribution in [0.4, 0.5) is 5.82 Å². The second kappa shape index (κ2) is 11.0. The van der Waals surface area contributed by atoms with Gasteiger partial charge in [0.25, 0.3) is 11.8 Å². The number of hydrazine groups is 1. The van der Waals surface area contributed by atoms with Crippen molar-refractivity contribution in [3.05, 3.63) is 59.0 Å². The molecule has 0 atom stereocenters. The quantitative estimate of drug-likeness (QED) is 0.281. The molecule has 9 nitrogen and oxygen atoms in total. The number of carbonyl (C=O) groups excluding carboxylic acids is 2. The number of rotatable bonds is 10. The van der Waals surface area contributed by atoms with Crippen molar-refractivity contribution in [2.75, 3.05) is 38.8 Å². The number of fused-ring (bicyclic) bond motifs is 1. The average molecular weight is 550 g/mol. The van der Waals surface area contributed by atoms with E-state index in [4.69, 9.17) is 19.8 Å². The number of imide groups is 1. The zero-order valence-corrected chi connectivity index (χ0v) is 22.9. The molecule has 1 aromatic carbocycles.